The number of ether oxygens (including phenoxy) is 1. The van der Waals surface area contributed by atoms with Gasteiger partial charge >= 0.3 is 5.92 Å². The molecule has 64 heavy (non-hydrogen) atoms. The minimum atomic E-state index is -3.08. The fourth-order valence-electron chi connectivity index (χ4n) is 11.3. The Bertz CT molecular complexity index is 2540. The molecule has 338 valence electrons. The lowest BCUT2D eigenvalue weighted by Crippen LogP contribution is -2.53. The summed E-state index contributed by atoms with van der Waals surface area (Å²) in [6, 6.07) is 10.9. The summed E-state index contributed by atoms with van der Waals surface area (Å²) in [6.45, 7) is 6.01. The highest BCUT2D eigenvalue weighted by atomic mass is 35.5. The van der Waals surface area contributed by atoms with Crippen LogP contribution in [0.25, 0.3) is 16.6 Å². The van der Waals surface area contributed by atoms with Crippen molar-refractivity contribution in [3.05, 3.63) is 64.6 Å². The molecule has 7 aliphatic rings. The van der Waals surface area contributed by atoms with Crippen LogP contribution in [0.5, 0.6) is 0 Å². The number of hydrogen-bond donors (Lipinski definition) is 4. The number of benzene rings is 2. The number of nitrogens with zero attached hydrogens (tertiary/aromatic N) is 8. The number of rotatable bonds is 8. The topological polar surface area (TPSA) is 156 Å². The minimum Gasteiger partial charge on any atom is -0.485 e. The second-order valence-electron chi connectivity index (χ2n) is 19.2. The number of aliphatic hydroxyl groups excluding tert-OH is 1. The fourth-order valence-corrected chi connectivity index (χ4v) is 11.4. The third-order valence-electron chi connectivity index (χ3n) is 15.0. The van der Waals surface area contributed by atoms with Crippen LogP contribution in [0.2, 0.25) is 5.02 Å². The number of piperidine rings is 2. The predicted octanol–water partition coefficient (Wildman–Crippen LogP) is 5.57. The van der Waals surface area contributed by atoms with Gasteiger partial charge in [0.05, 0.1) is 35.1 Å². The average Bonchev–Trinajstić information content (AvgIpc) is 4.08. The maximum Gasteiger partial charge on any atom is 0.301 e. The molecule has 7 heterocycles. The molecule has 5 aliphatic heterocycles. The number of piperazine rings is 1. The van der Waals surface area contributed by atoms with Gasteiger partial charge in [0, 0.05) is 94.3 Å². The summed E-state index contributed by atoms with van der Waals surface area (Å²) in [5.41, 5.74) is 5.64. The number of aromatic nitrogens is 4. The molecule has 4 N–H and O–H groups in total. The second kappa shape index (κ2) is 15.7. The lowest BCUT2D eigenvalue weighted by Gasteiger charge is -2.53. The van der Waals surface area contributed by atoms with E-state index in [2.05, 4.69) is 53.8 Å². The second-order valence-corrected chi connectivity index (χ2v) is 19.6. The number of amides is 2. The van der Waals surface area contributed by atoms with E-state index in [-0.39, 0.29) is 23.5 Å². The SMILES string of the molecule is CN1c2ccc(Nc3nc(N4CCC5(CC4)CC(CN4CCN(c6ccc7c(C8CCC(=O)NC8=O)nn(C)c7c6)CC4)C5)ncc3Cl)cc2C2=C(OCC(F)(F)[C@H](C3CC3)N2)C1O. The van der Waals surface area contributed by atoms with Crippen LogP contribution in [0.3, 0.4) is 0 Å². The molecule has 2 aromatic carbocycles. The number of carbonyl (C=O) groups excluding carboxylic acids is 2. The first-order valence-electron chi connectivity index (χ1n) is 22.7. The van der Waals surface area contributed by atoms with E-state index in [0.717, 1.165) is 93.8 Å². The molecule has 4 aromatic rings. The van der Waals surface area contributed by atoms with Gasteiger partial charge in [-0.15, -0.1) is 0 Å². The van der Waals surface area contributed by atoms with Crippen molar-refractivity contribution >= 4 is 68.8 Å². The zero-order chi connectivity index (χ0) is 44.1. The van der Waals surface area contributed by atoms with Gasteiger partial charge < -0.3 is 35.2 Å². The monoisotopic (exact) mass is 897 g/mol. The summed E-state index contributed by atoms with van der Waals surface area (Å²) in [6.07, 6.45) is 7.35. The van der Waals surface area contributed by atoms with Crippen LogP contribution in [0, 0.1) is 17.3 Å². The van der Waals surface area contributed by atoms with Crippen molar-refractivity contribution in [3.63, 3.8) is 0 Å². The van der Waals surface area contributed by atoms with Gasteiger partial charge in [0.25, 0.3) is 0 Å². The van der Waals surface area contributed by atoms with Crippen LogP contribution in [-0.4, -0.2) is 119 Å². The van der Waals surface area contributed by atoms with E-state index in [0.29, 0.717) is 63.6 Å². The summed E-state index contributed by atoms with van der Waals surface area (Å²) >= 11 is 6.67. The van der Waals surface area contributed by atoms with Gasteiger partial charge in [0.1, 0.15) is 5.02 Å². The molecule has 2 saturated carbocycles. The van der Waals surface area contributed by atoms with E-state index >= 15 is 8.78 Å². The molecule has 2 aliphatic carbocycles. The van der Waals surface area contributed by atoms with Gasteiger partial charge in [-0.05, 0) is 98.6 Å². The largest absolute Gasteiger partial charge is 0.485 e. The number of halogens is 3. The first-order valence-corrected chi connectivity index (χ1v) is 23.1. The van der Waals surface area contributed by atoms with E-state index in [1.807, 2.05) is 29.9 Å². The maximum absolute atomic E-state index is 15.2. The van der Waals surface area contributed by atoms with E-state index in [1.54, 1.807) is 18.1 Å². The van der Waals surface area contributed by atoms with E-state index in [9.17, 15) is 14.7 Å². The molecule has 18 heteroatoms. The fraction of sp³-hybridized carbons (Fsp3) is 0.543. The van der Waals surface area contributed by atoms with Crippen molar-refractivity contribution < 1.29 is 28.2 Å². The van der Waals surface area contributed by atoms with Gasteiger partial charge in [-0.25, -0.2) is 13.8 Å². The molecule has 11 rings (SSSR count). The lowest BCUT2D eigenvalue weighted by atomic mass is 9.57. The molecule has 0 bridgehead atoms. The molecule has 0 radical (unpaired) electrons. The number of aryl methyl sites for hydroxylation is 1. The highest BCUT2D eigenvalue weighted by Crippen LogP contribution is 2.53. The van der Waals surface area contributed by atoms with Crippen LogP contribution >= 0.6 is 11.6 Å². The molecule has 2 aromatic heterocycles. The molecule has 15 nitrogen and oxygen atoms in total. The van der Waals surface area contributed by atoms with Crippen molar-refractivity contribution in [1.82, 2.24) is 35.3 Å². The molecule has 2 amide bonds. The van der Waals surface area contributed by atoms with Crippen molar-refractivity contribution in [2.45, 2.75) is 75.5 Å². The van der Waals surface area contributed by atoms with Crippen LogP contribution in [0.1, 0.15) is 68.5 Å². The first-order chi connectivity index (χ1) is 30.8. The number of imide groups is 1. The van der Waals surface area contributed by atoms with Gasteiger partial charge in [0.2, 0.25) is 17.8 Å². The lowest BCUT2D eigenvalue weighted by molar-refractivity contribution is -0.134. The van der Waals surface area contributed by atoms with Crippen LogP contribution in [0.15, 0.2) is 48.4 Å². The number of nitrogens with one attached hydrogen (secondary N) is 3. The Kier molecular flexibility index (Phi) is 10.2. The quantitative estimate of drug-likeness (QED) is 0.163. The molecule has 3 atom stereocenters. The Labute approximate surface area is 375 Å². The Morgan fingerprint density at radius 2 is 1.77 bits per heavy atom. The van der Waals surface area contributed by atoms with Gasteiger partial charge in [-0.3, -0.25) is 24.5 Å². The standard InChI is InChI=1S/C46H54ClF2N11O4/c1-56-34-9-5-28(19-32(34)38-39(43(56)63)64-25-46(48,49)40(53-38)27-3-4-27)51-41-33(47)23-50-44(54-41)60-13-11-45(12-14-60)21-26(22-45)24-58-15-17-59(18-16-58)29-6-7-30-35(20-29)57(2)55-37(30)31-8-10-36(61)52-42(31)62/h5-7,9,19-20,23,26-27,31,40,43,53,63H,3-4,8,10-18,21-22,24-25H2,1-2H3,(H,50,51,54)(H,52,61,62)/t31?,40-,43?/m0/s1. The average molecular weight is 898 g/mol. The number of likely N-dealkylation sites (N-methyl/N-ethyl adjacent to an activating group) is 1. The molecular weight excluding hydrogens is 844 g/mol. The summed E-state index contributed by atoms with van der Waals surface area (Å²) in [4.78, 5) is 42.7. The van der Waals surface area contributed by atoms with E-state index in [4.69, 9.17) is 26.4 Å². The zero-order valence-corrected chi connectivity index (χ0v) is 36.9. The van der Waals surface area contributed by atoms with Gasteiger partial charge in [-0.1, -0.05) is 11.6 Å². The normalized spacial score (nSPS) is 25.9. The highest BCUT2D eigenvalue weighted by Gasteiger charge is 2.52. The number of carbonyl (C=O) groups is 2. The minimum absolute atomic E-state index is 0.0959. The number of alkyl halides is 2. The highest BCUT2D eigenvalue weighted by molar-refractivity contribution is 6.33. The Balaban J connectivity index is 0.684. The number of anilines is 5. The third-order valence-corrected chi connectivity index (χ3v) is 15.3. The molecular formula is C46H54ClF2N11O4. The summed E-state index contributed by atoms with van der Waals surface area (Å²) < 4.78 is 37.9. The first kappa shape index (κ1) is 41.4. The van der Waals surface area contributed by atoms with Crippen molar-refractivity contribution in [1.29, 1.82) is 0 Å². The van der Waals surface area contributed by atoms with Crippen molar-refractivity contribution in [3.8, 4) is 0 Å². The van der Waals surface area contributed by atoms with E-state index in [1.165, 1.54) is 12.8 Å². The summed E-state index contributed by atoms with van der Waals surface area (Å²) in [5, 5.41) is 26.1. The van der Waals surface area contributed by atoms with Crippen LogP contribution in [-0.2, 0) is 21.4 Å². The van der Waals surface area contributed by atoms with Gasteiger partial charge in [0.15, 0.2) is 24.4 Å². The summed E-state index contributed by atoms with van der Waals surface area (Å²) in [5.74, 6) is -2.26. The number of fused-ring (bicyclic) bond motifs is 3. The van der Waals surface area contributed by atoms with Gasteiger partial charge in [-0.2, -0.15) is 10.1 Å². The van der Waals surface area contributed by atoms with E-state index < -0.39 is 30.7 Å². The summed E-state index contributed by atoms with van der Waals surface area (Å²) in [7, 11) is 3.63. The number of hydrogen-bond acceptors (Lipinski definition) is 13. The Morgan fingerprint density at radius 3 is 2.52 bits per heavy atom. The molecule has 5 fully saturated rings. The molecule has 2 unspecified atom stereocenters. The maximum atomic E-state index is 15.2. The Hall–Kier alpha value is -5.26. The van der Waals surface area contributed by atoms with Crippen molar-refractivity contribution in [2.24, 2.45) is 24.3 Å². The zero-order valence-electron chi connectivity index (χ0n) is 36.1. The smallest absolute Gasteiger partial charge is 0.301 e. The Morgan fingerprint density at radius 1 is 0.984 bits per heavy atom. The molecule has 3 saturated heterocycles. The van der Waals surface area contributed by atoms with Crippen molar-refractivity contribution in [2.75, 3.05) is 79.5 Å². The third kappa shape index (κ3) is 7.46. The molecule has 1 spiro atoms. The van der Waals surface area contributed by atoms with Crippen LogP contribution < -0.4 is 30.7 Å². The number of aliphatic hydroxyl groups is 1. The predicted molar refractivity (Wildman–Crippen MR) is 240 cm³/mol. The van der Waals surface area contributed by atoms with Crippen LogP contribution in [0.4, 0.5) is 37.6 Å².